The van der Waals surface area contributed by atoms with E-state index < -0.39 is 0 Å². The minimum Gasteiger partial charge on any atom is -0.284 e. The van der Waals surface area contributed by atoms with Crippen LogP contribution in [0.15, 0.2) is 59.5 Å². The molecule has 0 saturated carbocycles. The zero-order chi connectivity index (χ0) is 13.4. The SMILES string of the molecule is Cc1cccc(C)c1-c1cc(=O)n2ccccc2c1. The molecule has 0 aliphatic carbocycles. The van der Waals surface area contributed by atoms with Crippen LogP contribution < -0.4 is 5.56 Å². The fourth-order valence-corrected chi connectivity index (χ4v) is 2.59. The summed E-state index contributed by atoms with van der Waals surface area (Å²) in [7, 11) is 0. The van der Waals surface area contributed by atoms with Gasteiger partial charge in [0.15, 0.2) is 0 Å². The lowest BCUT2D eigenvalue weighted by atomic mass is 9.96. The Morgan fingerprint density at radius 3 is 2.37 bits per heavy atom. The number of aromatic nitrogens is 1. The molecule has 2 nitrogen and oxygen atoms in total. The van der Waals surface area contributed by atoms with Gasteiger partial charge in [0.2, 0.25) is 0 Å². The maximum Gasteiger partial charge on any atom is 0.255 e. The van der Waals surface area contributed by atoms with Crippen molar-refractivity contribution in [2.45, 2.75) is 13.8 Å². The van der Waals surface area contributed by atoms with Crippen molar-refractivity contribution in [3.63, 3.8) is 0 Å². The lowest BCUT2D eigenvalue weighted by molar-refractivity contribution is 1.10. The predicted octanol–water partition coefficient (Wildman–Crippen LogP) is 3.58. The van der Waals surface area contributed by atoms with Gasteiger partial charge in [-0.1, -0.05) is 24.3 Å². The van der Waals surface area contributed by atoms with Crippen LogP contribution in [0.4, 0.5) is 0 Å². The number of pyridine rings is 2. The molecule has 0 saturated heterocycles. The average molecular weight is 249 g/mol. The highest BCUT2D eigenvalue weighted by molar-refractivity contribution is 5.74. The summed E-state index contributed by atoms with van der Waals surface area (Å²) in [6, 6.07) is 15.8. The molecule has 0 unspecified atom stereocenters. The van der Waals surface area contributed by atoms with Crippen LogP contribution in [-0.4, -0.2) is 4.40 Å². The normalized spacial score (nSPS) is 10.8. The van der Waals surface area contributed by atoms with E-state index in [0.29, 0.717) is 0 Å². The van der Waals surface area contributed by atoms with Gasteiger partial charge in [-0.15, -0.1) is 0 Å². The zero-order valence-corrected chi connectivity index (χ0v) is 11.1. The molecule has 3 rings (SSSR count). The molecule has 19 heavy (non-hydrogen) atoms. The summed E-state index contributed by atoms with van der Waals surface area (Å²) in [6.07, 6.45) is 1.80. The molecule has 0 bridgehead atoms. The van der Waals surface area contributed by atoms with Gasteiger partial charge in [-0.05, 0) is 54.3 Å². The molecule has 0 fully saturated rings. The highest BCUT2D eigenvalue weighted by atomic mass is 16.1. The van der Waals surface area contributed by atoms with Crippen LogP contribution in [0.3, 0.4) is 0 Å². The Bertz CT molecular complexity index is 795. The number of hydrogen-bond acceptors (Lipinski definition) is 1. The predicted molar refractivity (Wildman–Crippen MR) is 78.6 cm³/mol. The fourth-order valence-electron chi connectivity index (χ4n) is 2.59. The topological polar surface area (TPSA) is 21.5 Å². The molecule has 2 heterocycles. The van der Waals surface area contributed by atoms with Gasteiger partial charge in [0.1, 0.15) is 0 Å². The Kier molecular flexibility index (Phi) is 2.71. The van der Waals surface area contributed by atoms with Crippen LogP contribution in [0.1, 0.15) is 11.1 Å². The van der Waals surface area contributed by atoms with Crippen molar-refractivity contribution < 1.29 is 0 Å². The van der Waals surface area contributed by atoms with E-state index >= 15 is 0 Å². The number of benzene rings is 1. The van der Waals surface area contributed by atoms with Gasteiger partial charge in [0, 0.05) is 17.8 Å². The number of rotatable bonds is 1. The highest BCUT2D eigenvalue weighted by Crippen LogP contribution is 2.26. The number of nitrogens with zero attached hydrogens (tertiary/aromatic N) is 1. The lowest BCUT2D eigenvalue weighted by Gasteiger charge is -2.11. The molecule has 94 valence electrons. The summed E-state index contributed by atoms with van der Waals surface area (Å²) in [4.78, 5) is 12.2. The van der Waals surface area contributed by atoms with Crippen molar-refractivity contribution in [3.05, 3.63) is 76.2 Å². The Morgan fingerprint density at radius 2 is 1.63 bits per heavy atom. The summed E-state index contributed by atoms with van der Waals surface area (Å²) in [5, 5.41) is 0. The monoisotopic (exact) mass is 249 g/mol. The molecule has 2 heteroatoms. The summed E-state index contributed by atoms with van der Waals surface area (Å²) >= 11 is 0. The first kappa shape index (κ1) is 11.7. The summed E-state index contributed by atoms with van der Waals surface area (Å²) in [6.45, 7) is 4.16. The van der Waals surface area contributed by atoms with Gasteiger partial charge < -0.3 is 0 Å². The molecule has 3 aromatic rings. The zero-order valence-electron chi connectivity index (χ0n) is 11.1. The number of hydrogen-bond donors (Lipinski definition) is 0. The van der Waals surface area contributed by atoms with E-state index in [9.17, 15) is 4.79 Å². The fraction of sp³-hybridized carbons (Fsp3) is 0.118. The van der Waals surface area contributed by atoms with E-state index in [4.69, 9.17) is 0 Å². The second-order valence-corrected chi connectivity index (χ2v) is 4.84. The van der Waals surface area contributed by atoms with Crippen molar-refractivity contribution in [3.8, 4) is 11.1 Å². The number of aryl methyl sites for hydroxylation is 2. The van der Waals surface area contributed by atoms with Crippen molar-refractivity contribution in [1.29, 1.82) is 0 Å². The Labute approximate surface area is 112 Å². The lowest BCUT2D eigenvalue weighted by Crippen LogP contribution is -2.12. The van der Waals surface area contributed by atoms with Gasteiger partial charge in [-0.3, -0.25) is 9.20 Å². The van der Waals surface area contributed by atoms with Crippen LogP contribution in [0.2, 0.25) is 0 Å². The molecule has 0 N–H and O–H groups in total. The first-order valence-corrected chi connectivity index (χ1v) is 6.35. The minimum absolute atomic E-state index is 0.00996. The smallest absolute Gasteiger partial charge is 0.255 e. The Hall–Kier alpha value is -2.35. The van der Waals surface area contributed by atoms with Gasteiger partial charge in [-0.25, -0.2) is 0 Å². The van der Waals surface area contributed by atoms with Crippen LogP contribution in [0.25, 0.3) is 16.6 Å². The Morgan fingerprint density at radius 1 is 0.895 bits per heavy atom. The van der Waals surface area contributed by atoms with E-state index in [1.54, 1.807) is 16.7 Å². The van der Waals surface area contributed by atoms with Crippen LogP contribution in [0.5, 0.6) is 0 Å². The molecule has 2 aromatic heterocycles. The summed E-state index contributed by atoms with van der Waals surface area (Å²) in [5.74, 6) is 0. The van der Waals surface area contributed by atoms with Gasteiger partial charge >= 0.3 is 0 Å². The highest BCUT2D eigenvalue weighted by Gasteiger charge is 2.07. The molecular weight excluding hydrogens is 234 g/mol. The molecule has 0 radical (unpaired) electrons. The first-order valence-electron chi connectivity index (χ1n) is 6.35. The third kappa shape index (κ3) is 1.95. The molecule has 0 aliphatic rings. The van der Waals surface area contributed by atoms with Crippen molar-refractivity contribution in [1.82, 2.24) is 4.40 Å². The quantitative estimate of drug-likeness (QED) is 0.646. The summed E-state index contributed by atoms with van der Waals surface area (Å²) < 4.78 is 1.66. The van der Waals surface area contributed by atoms with Gasteiger partial charge in [0.25, 0.3) is 5.56 Å². The van der Waals surface area contributed by atoms with E-state index in [2.05, 4.69) is 32.0 Å². The molecule has 1 aromatic carbocycles. The Balaban J connectivity index is 2.35. The maximum atomic E-state index is 12.2. The van der Waals surface area contributed by atoms with E-state index in [1.165, 1.54) is 11.1 Å². The van der Waals surface area contributed by atoms with Crippen molar-refractivity contribution >= 4 is 5.52 Å². The second-order valence-electron chi connectivity index (χ2n) is 4.84. The molecule has 0 aliphatic heterocycles. The third-order valence-corrected chi connectivity index (χ3v) is 3.48. The van der Waals surface area contributed by atoms with Crippen LogP contribution in [-0.2, 0) is 0 Å². The molecule has 0 amide bonds. The van der Waals surface area contributed by atoms with Gasteiger partial charge in [0.05, 0.1) is 0 Å². The number of fused-ring (bicyclic) bond motifs is 1. The summed E-state index contributed by atoms with van der Waals surface area (Å²) in [5.41, 5.74) is 5.47. The largest absolute Gasteiger partial charge is 0.284 e. The van der Waals surface area contributed by atoms with Crippen LogP contribution >= 0.6 is 0 Å². The average Bonchev–Trinajstić information content (AvgIpc) is 2.38. The minimum atomic E-state index is 0.00996. The standard InChI is InChI=1S/C17H15NO/c1-12-6-5-7-13(2)17(12)14-10-15-8-3-4-9-18(15)16(19)11-14/h3-11H,1-2H3. The second kappa shape index (κ2) is 4.39. The van der Waals surface area contributed by atoms with E-state index in [-0.39, 0.29) is 5.56 Å². The molecule has 0 spiro atoms. The molecule has 0 atom stereocenters. The van der Waals surface area contributed by atoms with E-state index in [0.717, 1.165) is 16.6 Å². The van der Waals surface area contributed by atoms with E-state index in [1.807, 2.05) is 24.3 Å². The maximum absolute atomic E-state index is 12.2. The van der Waals surface area contributed by atoms with Gasteiger partial charge in [-0.2, -0.15) is 0 Å². The van der Waals surface area contributed by atoms with Crippen molar-refractivity contribution in [2.75, 3.05) is 0 Å². The van der Waals surface area contributed by atoms with Crippen molar-refractivity contribution in [2.24, 2.45) is 0 Å². The molecular formula is C17H15NO. The van der Waals surface area contributed by atoms with Crippen LogP contribution in [0, 0.1) is 13.8 Å². The first-order chi connectivity index (χ1) is 9.16. The third-order valence-electron chi connectivity index (χ3n) is 3.48.